The Morgan fingerprint density at radius 3 is 2.27 bits per heavy atom. The molecule has 0 saturated heterocycles. The second-order valence-electron chi connectivity index (χ2n) is 4.56. The van der Waals surface area contributed by atoms with Crippen LogP contribution in [0.5, 0.6) is 5.75 Å². The Hall–Kier alpha value is -0.600. The van der Waals surface area contributed by atoms with Crippen LogP contribution in [0.1, 0.15) is 40.5 Å². The van der Waals surface area contributed by atoms with Crippen molar-refractivity contribution in [2.45, 2.75) is 43.9 Å². The van der Waals surface area contributed by atoms with E-state index >= 15 is 0 Å². The van der Waals surface area contributed by atoms with Gasteiger partial charge in [0.15, 0.2) is 0 Å². The number of hydrogen-bond acceptors (Lipinski definition) is 5. The van der Waals surface area contributed by atoms with Crippen LogP contribution in [-0.2, 0) is 14.9 Å². The molecule has 0 heterocycles. The number of ether oxygens (including phenoxy) is 2. The van der Waals surface area contributed by atoms with Gasteiger partial charge in [-0.3, -0.25) is 4.55 Å². The van der Waals surface area contributed by atoms with Crippen LogP contribution in [0.25, 0.3) is 0 Å². The van der Waals surface area contributed by atoms with Crippen LogP contribution >= 0.6 is 0 Å². The largest absolute Gasteiger partial charge is 1.00 e. The summed E-state index contributed by atoms with van der Waals surface area (Å²) in [6.45, 7) is 2.42. The van der Waals surface area contributed by atoms with Crippen LogP contribution in [0.3, 0.4) is 0 Å². The monoisotopic (exact) mass is 340 g/mol. The van der Waals surface area contributed by atoms with Crippen molar-refractivity contribution in [3.63, 3.8) is 0 Å². The Morgan fingerprint density at radius 2 is 1.73 bits per heavy atom. The standard InChI is InChI=1S/C14H20O6S.Na.H/c1-2-3-4-5-6-11-19-14(15)20-12-7-9-13(10-8-12)21(16,17)18;;/h7-10H,2-6,11H2,1H3,(H,16,17,18);;/q;+1;-1. The number of carbonyl (C=O) groups excluding carboxylic acids is 1. The van der Waals surface area contributed by atoms with Gasteiger partial charge in [0.1, 0.15) is 5.75 Å². The maximum atomic E-state index is 11.4. The summed E-state index contributed by atoms with van der Waals surface area (Å²) in [5.74, 6) is 0.151. The fraction of sp³-hybridized carbons (Fsp3) is 0.500. The molecular weight excluding hydrogens is 319 g/mol. The molecule has 0 aliphatic rings. The van der Waals surface area contributed by atoms with Crippen molar-refractivity contribution >= 4 is 16.3 Å². The zero-order valence-electron chi connectivity index (χ0n) is 13.9. The summed E-state index contributed by atoms with van der Waals surface area (Å²) >= 11 is 0. The van der Waals surface area contributed by atoms with Crippen LogP contribution < -0.4 is 34.3 Å². The summed E-state index contributed by atoms with van der Waals surface area (Å²) in [5.41, 5.74) is 0. The quantitative estimate of drug-likeness (QED) is 0.244. The van der Waals surface area contributed by atoms with Gasteiger partial charge in [-0.15, -0.1) is 0 Å². The van der Waals surface area contributed by atoms with E-state index in [-0.39, 0.29) is 41.6 Å². The molecule has 0 amide bonds. The molecule has 22 heavy (non-hydrogen) atoms. The molecule has 6 nitrogen and oxygen atoms in total. The third kappa shape index (κ3) is 8.75. The summed E-state index contributed by atoms with van der Waals surface area (Å²) in [4.78, 5) is 11.1. The van der Waals surface area contributed by atoms with Crippen molar-refractivity contribution < 1.29 is 58.2 Å². The van der Waals surface area contributed by atoms with E-state index in [0.717, 1.165) is 37.8 Å². The first-order chi connectivity index (χ1) is 9.93. The van der Waals surface area contributed by atoms with Crippen molar-refractivity contribution in [3.05, 3.63) is 24.3 Å². The van der Waals surface area contributed by atoms with E-state index in [1.54, 1.807) is 0 Å². The van der Waals surface area contributed by atoms with Crippen LogP contribution in [0, 0.1) is 0 Å². The van der Waals surface area contributed by atoms with E-state index in [9.17, 15) is 13.2 Å². The first kappa shape index (κ1) is 21.4. The van der Waals surface area contributed by atoms with Gasteiger partial charge >= 0.3 is 35.7 Å². The van der Waals surface area contributed by atoms with Gasteiger partial charge in [-0.1, -0.05) is 32.6 Å². The molecule has 120 valence electrons. The topological polar surface area (TPSA) is 89.9 Å². The third-order valence-corrected chi connectivity index (χ3v) is 3.66. The molecule has 1 rings (SSSR count). The van der Waals surface area contributed by atoms with Gasteiger partial charge in [-0.05, 0) is 30.7 Å². The molecule has 1 aromatic rings. The molecule has 0 unspecified atom stereocenters. The maximum absolute atomic E-state index is 11.4. The molecule has 1 N–H and O–H groups in total. The van der Waals surface area contributed by atoms with Crippen LogP contribution in [0.2, 0.25) is 0 Å². The van der Waals surface area contributed by atoms with Gasteiger partial charge in [0, 0.05) is 0 Å². The Morgan fingerprint density at radius 1 is 1.14 bits per heavy atom. The first-order valence-electron chi connectivity index (χ1n) is 6.85. The molecule has 1 aromatic carbocycles. The van der Waals surface area contributed by atoms with Crippen molar-refractivity contribution in [3.8, 4) is 5.75 Å². The molecule has 0 aliphatic carbocycles. The van der Waals surface area contributed by atoms with E-state index in [1.165, 1.54) is 18.6 Å². The first-order valence-corrected chi connectivity index (χ1v) is 8.29. The Bertz CT molecular complexity index is 547. The van der Waals surface area contributed by atoms with E-state index in [1.807, 2.05) is 0 Å². The third-order valence-electron chi connectivity index (χ3n) is 2.79. The molecule has 0 saturated carbocycles. The Labute approximate surface area is 154 Å². The van der Waals surface area contributed by atoms with E-state index in [0.29, 0.717) is 6.61 Å². The number of carbonyl (C=O) groups is 1. The maximum Gasteiger partial charge on any atom is 1.00 e. The zero-order valence-corrected chi connectivity index (χ0v) is 15.8. The predicted octanol–water partition coefficient (Wildman–Crippen LogP) is 0.536. The van der Waals surface area contributed by atoms with Crippen molar-refractivity contribution in [1.82, 2.24) is 0 Å². The molecule has 0 bridgehead atoms. The van der Waals surface area contributed by atoms with Gasteiger partial charge in [-0.25, -0.2) is 4.79 Å². The fourth-order valence-electron chi connectivity index (χ4n) is 1.67. The minimum absolute atomic E-state index is 0. The molecule has 8 heteroatoms. The summed E-state index contributed by atoms with van der Waals surface area (Å²) < 4.78 is 40.3. The average Bonchev–Trinajstić information content (AvgIpc) is 2.42. The minimum Gasteiger partial charge on any atom is -1.00 e. The average molecular weight is 340 g/mol. The Balaban J connectivity index is 0. The van der Waals surface area contributed by atoms with Crippen LogP contribution in [-0.4, -0.2) is 25.7 Å². The van der Waals surface area contributed by atoms with E-state index in [2.05, 4.69) is 6.92 Å². The number of benzene rings is 1. The van der Waals surface area contributed by atoms with Gasteiger partial charge in [0.2, 0.25) is 0 Å². The molecule has 0 radical (unpaired) electrons. The SMILES string of the molecule is CCCCCCCOC(=O)Oc1ccc(S(=O)(=O)O)cc1.[H-].[Na+]. The van der Waals surface area contributed by atoms with Gasteiger partial charge in [-0.2, -0.15) is 8.42 Å². The molecule has 0 spiro atoms. The normalized spacial score (nSPS) is 10.6. The fourth-order valence-corrected chi connectivity index (χ4v) is 2.15. The second-order valence-corrected chi connectivity index (χ2v) is 5.98. The van der Waals surface area contributed by atoms with Crippen molar-refractivity contribution in [2.75, 3.05) is 6.61 Å². The summed E-state index contributed by atoms with van der Waals surface area (Å²) in [6, 6.07) is 4.82. The molecule has 0 aliphatic heterocycles. The minimum atomic E-state index is -4.25. The van der Waals surface area contributed by atoms with Gasteiger partial charge < -0.3 is 10.9 Å². The summed E-state index contributed by atoms with van der Waals surface area (Å²) in [7, 11) is -4.25. The van der Waals surface area contributed by atoms with E-state index < -0.39 is 16.3 Å². The molecule has 0 fully saturated rings. The van der Waals surface area contributed by atoms with Crippen LogP contribution in [0.15, 0.2) is 29.2 Å². The van der Waals surface area contributed by atoms with E-state index in [4.69, 9.17) is 14.0 Å². The van der Waals surface area contributed by atoms with Crippen LogP contribution in [0.4, 0.5) is 4.79 Å². The van der Waals surface area contributed by atoms with Crippen molar-refractivity contribution in [1.29, 1.82) is 0 Å². The molecular formula is C14H21NaO6S. The molecule has 0 atom stereocenters. The van der Waals surface area contributed by atoms with Crippen molar-refractivity contribution in [2.24, 2.45) is 0 Å². The number of rotatable bonds is 8. The van der Waals surface area contributed by atoms with Gasteiger partial charge in [0.05, 0.1) is 11.5 Å². The summed E-state index contributed by atoms with van der Waals surface area (Å²) in [5, 5.41) is 0. The second kappa shape index (κ2) is 11.0. The number of hydrogen-bond donors (Lipinski definition) is 1. The zero-order chi connectivity index (χ0) is 15.7. The predicted molar refractivity (Wildman–Crippen MR) is 78.1 cm³/mol. The smallest absolute Gasteiger partial charge is 1.00 e. The molecule has 0 aromatic heterocycles. The van der Waals surface area contributed by atoms with Gasteiger partial charge in [0.25, 0.3) is 10.1 Å². The number of unbranched alkanes of at least 4 members (excludes halogenated alkanes) is 4. The Kier molecular flexibility index (Phi) is 10.7. The summed E-state index contributed by atoms with van der Waals surface area (Å²) in [6.07, 6.45) is 4.41.